The Bertz CT molecular complexity index is 1050. The van der Waals surface area contributed by atoms with E-state index in [1.165, 1.54) is 11.8 Å². The summed E-state index contributed by atoms with van der Waals surface area (Å²) in [7, 11) is 0.812. The van der Waals surface area contributed by atoms with Crippen LogP contribution in [0.5, 0.6) is 5.75 Å². The molecule has 2 atom stereocenters. The van der Waals surface area contributed by atoms with E-state index in [0.29, 0.717) is 10.9 Å². The van der Waals surface area contributed by atoms with Gasteiger partial charge in [-0.2, -0.15) is 4.99 Å². The van der Waals surface area contributed by atoms with Gasteiger partial charge in [0.05, 0.1) is 17.5 Å². The first-order chi connectivity index (χ1) is 14.3. The van der Waals surface area contributed by atoms with Crippen molar-refractivity contribution in [3.05, 3.63) is 54.6 Å². The molecule has 0 aliphatic carbocycles. The van der Waals surface area contributed by atoms with Gasteiger partial charge in [-0.1, -0.05) is 30.0 Å². The van der Waals surface area contributed by atoms with Crippen LogP contribution in [0.3, 0.4) is 0 Å². The molecule has 9 heteroatoms. The van der Waals surface area contributed by atoms with Crippen LogP contribution in [0.2, 0.25) is 0 Å². The molecule has 0 spiro atoms. The largest absolute Gasteiger partial charge is 0.484 e. The first kappa shape index (κ1) is 20.7. The van der Waals surface area contributed by atoms with Crippen molar-refractivity contribution >= 4 is 44.0 Å². The fourth-order valence-electron chi connectivity index (χ4n) is 3.58. The average Bonchev–Trinajstić information content (AvgIpc) is 3.18. The number of aliphatic imine (C=N–C) groups is 1. The maximum atomic E-state index is 12.5. The molecular weight excluding hydrogens is 422 g/mol. The summed E-state index contributed by atoms with van der Waals surface area (Å²) in [6.45, 7) is -0.172. The standard InChI is InChI=1S/C21H23N3O4S2/c1-23(2)15-8-10-16(11-9-15)24-18-13-30(26,27)14-19(18)29-21(24)22-20(25)12-28-17-6-4-3-5-7-17/h3-11,18-19H,12-14H2,1-2H3/t18-,19-/m1/s1. The number of carbonyl (C=O) groups is 1. The number of hydrogen-bond donors (Lipinski definition) is 0. The van der Waals surface area contributed by atoms with Gasteiger partial charge in [-0.15, -0.1) is 0 Å². The Morgan fingerprint density at radius 3 is 2.50 bits per heavy atom. The highest BCUT2D eigenvalue weighted by Crippen LogP contribution is 2.41. The SMILES string of the molecule is CN(C)c1ccc(N2C(=NC(=O)COc3ccccc3)S[C@@H]3CS(=O)(=O)C[C@H]32)cc1. The number of benzene rings is 2. The highest BCUT2D eigenvalue weighted by atomic mass is 32.2. The van der Waals surface area contributed by atoms with Gasteiger partial charge >= 0.3 is 0 Å². The van der Waals surface area contributed by atoms with E-state index in [-0.39, 0.29) is 29.4 Å². The van der Waals surface area contributed by atoms with Crippen molar-refractivity contribution in [1.82, 2.24) is 0 Å². The molecule has 30 heavy (non-hydrogen) atoms. The zero-order valence-electron chi connectivity index (χ0n) is 16.8. The minimum absolute atomic E-state index is 0.0633. The molecule has 158 valence electrons. The number of thioether (sulfide) groups is 1. The second kappa shape index (κ2) is 8.31. The summed E-state index contributed by atoms with van der Waals surface area (Å²) in [5.41, 5.74) is 1.86. The Hall–Kier alpha value is -2.52. The maximum Gasteiger partial charge on any atom is 0.285 e. The molecule has 2 fully saturated rings. The Balaban J connectivity index is 1.57. The Kier molecular flexibility index (Phi) is 5.75. The topological polar surface area (TPSA) is 79.3 Å². The normalized spacial score (nSPS) is 23.4. The molecule has 0 saturated carbocycles. The monoisotopic (exact) mass is 445 g/mol. The zero-order chi connectivity index (χ0) is 21.3. The molecular formula is C21H23N3O4S2. The number of amides is 1. The Labute approximate surface area is 180 Å². The van der Waals surface area contributed by atoms with E-state index in [4.69, 9.17) is 4.74 Å². The van der Waals surface area contributed by atoms with Gasteiger partial charge in [0.1, 0.15) is 5.75 Å². The Morgan fingerprint density at radius 1 is 1.13 bits per heavy atom. The van der Waals surface area contributed by atoms with E-state index in [1.54, 1.807) is 12.1 Å². The molecule has 2 heterocycles. The molecule has 2 aliphatic heterocycles. The highest BCUT2D eigenvalue weighted by Gasteiger charge is 2.49. The summed E-state index contributed by atoms with van der Waals surface area (Å²) in [4.78, 5) is 20.6. The number of hydrogen-bond acceptors (Lipinski definition) is 6. The van der Waals surface area contributed by atoms with Crippen LogP contribution in [-0.2, 0) is 14.6 Å². The van der Waals surface area contributed by atoms with Gasteiger partial charge < -0.3 is 14.5 Å². The van der Waals surface area contributed by atoms with Crippen LogP contribution in [-0.4, -0.2) is 63.0 Å². The summed E-state index contributed by atoms with van der Waals surface area (Å²) in [5.74, 6) is 0.360. The smallest absolute Gasteiger partial charge is 0.285 e. The number of amidine groups is 1. The van der Waals surface area contributed by atoms with Gasteiger partial charge in [0.2, 0.25) is 0 Å². The molecule has 0 radical (unpaired) electrons. The van der Waals surface area contributed by atoms with Crippen molar-refractivity contribution < 1.29 is 17.9 Å². The van der Waals surface area contributed by atoms with Crippen LogP contribution < -0.4 is 14.5 Å². The van der Waals surface area contributed by atoms with Crippen molar-refractivity contribution in [2.45, 2.75) is 11.3 Å². The van der Waals surface area contributed by atoms with Gasteiger partial charge in [-0.25, -0.2) is 8.42 Å². The minimum atomic E-state index is -3.10. The van der Waals surface area contributed by atoms with Crippen LogP contribution in [0.4, 0.5) is 11.4 Å². The van der Waals surface area contributed by atoms with E-state index in [1.807, 2.05) is 66.4 Å². The number of nitrogens with zero attached hydrogens (tertiary/aromatic N) is 3. The molecule has 2 aliphatic rings. The van der Waals surface area contributed by atoms with Crippen LogP contribution in [0, 0.1) is 0 Å². The molecule has 0 N–H and O–H groups in total. The fourth-order valence-corrected chi connectivity index (χ4v) is 7.51. The lowest BCUT2D eigenvalue weighted by Gasteiger charge is -2.25. The zero-order valence-corrected chi connectivity index (χ0v) is 18.4. The number of fused-ring (bicyclic) bond motifs is 1. The van der Waals surface area contributed by atoms with Crippen molar-refractivity contribution in [3.63, 3.8) is 0 Å². The van der Waals surface area contributed by atoms with E-state index < -0.39 is 15.7 Å². The van der Waals surface area contributed by atoms with Crippen LogP contribution >= 0.6 is 11.8 Å². The predicted molar refractivity (Wildman–Crippen MR) is 121 cm³/mol. The minimum Gasteiger partial charge on any atom is -0.484 e. The molecule has 2 aromatic carbocycles. The number of sulfone groups is 1. The van der Waals surface area contributed by atoms with Crippen molar-refractivity contribution in [2.75, 3.05) is 42.0 Å². The van der Waals surface area contributed by atoms with Gasteiger partial charge in [-0.3, -0.25) is 4.79 Å². The summed E-state index contributed by atoms with van der Waals surface area (Å²) < 4.78 is 29.9. The molecule has 4 rings (SSSR count). The van der Waals surface area contributed by atoms with E-state index >= 15 is 0 Å². The molecule has 7 nitrogen and oxygen atoms in total. The average molecular weight is 446 g/mol. The van der Waals surface area contributed by atoms with Crippen LogP contribution in [0.25, 0.3) is 0 Å². The molecule has 2 saturated heterocycles. The molecule has 0 unspecified atom stereocenters. The first-order valence-corrected chi connectivity index (χ1v) is 12.3. The summed E-state index contributed by atoms with van der Waals surface area (Å²) in [5, 5.41) is 0.393. The number of carbonyl (C=O) groups excluding carboxylic acids is 1. The maximum absolute atomic E-state index is 12.5. The first-order valence-electron chi connectivity index (χ1n) is 9.55. The third kappa shape index (κ3) is 4.46. The van der Waals surface area contributed by atoms with E-state index in [0.717, 1.165) is 11.4 Å². The number of para-hydroxylation sites is 1. The van der Waals surface area contributed by atoms with Crippen molar-refractivity contribution in [2.24, 2.45) is 4.99 Å². The lowest BCUT2D eigenvalue weighted by Crippen LogP contribution is -2.37. The second-order valence-electron chi connectivity index (χ2n) is 7.47. The van der Waals surface area contributed by atoms with Gasteiger partial charge in [0.25, 0.3) is 5.91 Å². The van der Waals surface area contributed by atoms with Gasteiger partial charge in [0, 0.05) is 30.7 Å². The second-order valence-corrected chi connectivity index (χ2v) is 10.8. The Morgan fingerprint density at radius 2 is 1.83 bits per heavy atom. The van der Waals surface area contributed by atoms with Crippen LogP contribution in [0.1, 0.15) is 0 Å². The lowest BCUT2D eigenvalue weighted by molar-refractivity contribution is -0.119. The van der Waals surface area contributed by atoms with Crippen molar-refractivity contribution in [1.29, 1.82) is 0 Å². The van der Waals surface area contributed by atoms with E-state index in [9.17, 15) is 13.2 Å². The molecule has 0 bridgehead atoms. The molecule has 0 aromatic heterocycles. The number of anilines is 2. The van der Waals surface area contributed by atoms with E-state index in [2.05, 4.69) is 4.99 Å². The summed E-state index contributed by atoms with van der Waals surface area (Å²) in [6.07, 6.45) is 0. The van der Waals surface area contributed by atoms with Gasteiger partial charge in [-0.05, 0) is 36.4 Å². The predicted octanol–water partition coefficient (Wildman–Crippen LogP) is 2.43. The number of rotatable bonds is 5. The third-order valence-corrected chi connectivity index (χ3v) is 8.25. The fraction of sp³-hybridized carbons (Fsp3) is 0.333. The summed E-state index contributed by atoms with van der Waals surface area (Å²) >= 11 is 1.36. The highest BCUT2D eigenvalue weighted by molar-refractivity contribution is 8.16. The third-order valence-electron chi connectivity index (χ3n) is 5.04. The molecule has 1 amide bonds. The summed E-state index contributed by atoms with van der Waals surface area (Å²) in [6, 6.07) is 16.7. The lowest BCUT2D eigenvalue weighted by atomic mass is 10.2. The number of ether oxygens (including phenoxy) is 1. The van der Waals surface area contributed by atoms with Crippen molar-refractivity contribution in [3.8, 4) is 5.75 Å². The quantitative estimate of drug-likeness (QED) is 0.699. The molecule has 2 aromatic rings. The van der Waals surface area contributed by atoms with Crippen LogP contribution in [0.15, 0.2) is 59.6 Å². The van der Waals surface area contributed by atoms with Gasteiger partial charge in [0.15, 0.2) is 21.6 Å².